The Morgan fingerprint density at radius 3 is 1.28 bits per heavy atom. The Bertz CT molecular complexity index is 1370. The van der Waals surface area contributed by atoms with Crippen molar-refractivity contribution in [3.8, 4) is 0 Å². The van der Waals surface area contributed by atoms with Crippen molar-refractivity contribution in [3.63, 3.8) is 0 Å². The molecule has 0 heterocycles. The summed E-state index contributed by atoms with van der Waals surface area (Å²) >= 11 is 0. The fourth-order valence-corrected chi connectivity index (χ4v) is 7.01. The smallest absolute Gasteiger partial charge is 0.361 e. The molecule has 0 aliphatic carbocycles. The maximum atomic E-state index is 12.8. The molecule has 0 saturated heterocycles. The molecule has 0 aromatic rings. The maximum Gasteiger partial charge on any atom is 0.361 e. The Morgan fingerprint density at radius 1 is 0.463 bits per heavy atom. The van der Waals surface area contributed by atoms with Crippen LogP contribution in [-0.2, 0) is 33.3 Å². The number of carboxylic acid groups (broad SMARTS) is 1. The molecule has 0 rings (SSSR count). The molecule has 0 fully saturated rings. The number of ether oxygens (including phenoxy) is 4. The number of carbonyl (C=O) groups is 3. The molecule has 0 radical (unpaired) electrons. The molecule has 0 saturated carbocycles. The molecule has 9 nitrogen and oxygen atoms in total. The van der Waals surface area contributed by atoms with E-state index in [0.29, 0.717) is 17.4 Å². The van der Waals surface area contributed by atoms with Crippen molar-refractivity contribution in [1.29, 1.82) is 0 Å². The van der Waals surface area contributed by atoms with Gasteiger partial charge in [-0.2, -0.15) is 0 Å². The van der Waals surface area contributed by atoms with E-state index in [1.54, 1.807) is 0 Å². The molecule has 0 aromatic heterocycles. The van der Waals surface area contributed by atoms with Crippen LogP contribution in [0.25, 0.3) is 0 Å². The monoisotopic (exact) mass is 939 g/mol. The summed E-state index contributed by atoms with van der Waals surface area (Å²) < 4.78 is 22.8. The molecule has 0 spiro atoms. The quantitative estimate of drug-likeness (QED) is 0.0211. The van der Waals surface area contributed by atoms with Crippen molar-refractivity contribution in [2.45, 2.75) is 219 Å². The highest BCUT2D eigenvalue weighted by atomic mass is 16.7. The van der Waals surface area contributed by atoms with Crippen LogP contribution >= 0.6 is 0 Å². The SMILES string of the molecule is CC/C=C\C/C=C\C/C=C\C/C=C\C/C=C\CCCCCC(=O)OC(COC(=O)CCCCCCCCCCCCC/C=C\C/C=C\CCCCCCC)COC(OCC[N+](C)(C)C)C(=O)O. The number of nitrogens with zero attached hydrogens (tertiary/aromatic N) is 1. The van der Waals surface area contributed by atoms with E-state index in [1.807, 2.05) is 21.1 Å². The summed E-state index contributed by atoms with van der Waals surface area (Å²) in [5.41, 5.74) is 0. The Hall–Kier alpha value is -3.53. The fourth-order valence-electron chi connectivity index (χ4n) is 7.01. The van der Waals surface area contributed by atoms with Crippen molar-refractivity contribution in [3.05, 3.63) is 85.1 Å². The molecular formula is C58H100NO8+. The predicted molar refractivity (Wildman–Crippen MR) is 281 cm³/mol. The summed E-state index contributed by atoms with van der Waals surface area (Å²) in [7, 11) is 5.94. The first-order valence-corrected chi connectivity index (χ1v) is 26.8. The van der Waals surface area contributed by atoms with Gasteiger partial charge in [0.15, 0.2) is 6.10 Å². The van der Waals surface area contributed by atoms with Gasteiger partial charge in [0, 0.05) is 12.8 Å². The van der Waals surface area contributed by atoms with Gasteiger partial charge in [0.25, 0.3) is 6.29 Å². The molecule has 0 bridgehead atoms. The van der Waals surface area contributed by atoms with Crippen molar-refractivity contribution in [1.82, 2.24) is 0 Å². The largest absolute Gasteiger partial charge is 0.477 e. The normalized spacial score (nSPS) is 13.5. The topological polar surface area (TPSA) is 108 Å². The van der Waals surface area contributed by atoms with Crippen LogP contribution in [0.4, 0.5) is 0 Å². The standard InChI is InChI=1S/C58H99NO8/c1-6-8-10-12-14-16-18-20-22-24-26-27-28-29-31-32-34-36-38-40-42-44-46-48-55(60)65-52-54(53-66-58(57(62)63)64-51-50-59(3,4)5)67-56(61)49-47-45-43-41-39-37-35-33-30-25-23-21-19-17-15-13-11-9-7-2/h9,11,15,17-18,20-21,23-24,26,30,33,37,39,54,58H,6-8,10,12-14,16,19,22,25,27-29,31-32,34-36,38,40-53H2,1-5H3/p+1/b11-9-,17-15-,20-18-,23-21-,26-24-,33-30-,39-37-. The van der Waals surface area contributed by atoms with E-state index in [1.165, 1.54) is 96.3 Å². The third-order valence-electron chi connectivity index (χ3n) is 11.1. The van der Waals surface area contributed by atoms with Crippen LogP contribution in [0.3, 0.4) is 0 Å². The third-order valence-corrected chi connectivity index (χ3v) is 11.1. The van der Waals surface area contributed by atoms with Crippen LogP contribution in [0.1, 0.15) is 206 Å². The van der Waals surface area contributed by atoms with Crippen LogP contribution in [0.2, 0.25) is 0 Å². The van der Waals surface area contributed by atoms with E-state index in [2.05, 4.69) is 98.9 Å². The molecule has 2 unspecified atom stereocenters. The minimum absolute atomic E-state index is 0.176. The average molecular weight is 939 g/mol. The highest BCUT2D eigenvalue weighted by Crippen LogP contribution is 2.14. The van der Waals surface area contributed by atoms with Gasteiger partial charge >= 0.3 is 17.9 Å². The Balaban J connectivity index is 4.37. The zero-order valence-electron chi connectivity index (χ0n) is 43.5. The molecule has 0 aliphatic heterocycles. The molecule has 2 atom stereocenters. The average Bonchev–Trinajstić information content (AvgIpc) is 3.29. The van der Waals surface area contributed by atoms with Gasteiger partial charge in [-0.25, -0.2) is 4.79 Å². The second kappa shape index (κ2) is 48.9. The van der Waals surface area contributed by atoms with E-state index in [9.17, 15) is 19.5 Å². The Kier molecular flexibility index (Phi) is 46.3. The summed E-state index contributed by atoms with van der Waals surface area (Å²) in [4.78, 5) is 37.3. The van der Waals surface area contributed by atoms with Gasteiger partial charge in [-0.3, -0.25) is 9.59 Å². The summed E-state index contributed by atoms with van der Waals surface area (Å²) in [6.45, 7) is 4.70. The Morgan fingerprint density at radius 2 is 0.851 bits per heavy atom. The number of likely N-dealkylation sites (N-methyl/N-ethyl adjacent to an activating group) is 1. The number of unbranched alkanes of at least 4 members (excludes halogenated alkanes) is 19. The van der Waals surface area contributed by atoms with Gasteiger partial charge in [0.1, 0.15) is 13.2 Å². The van der Waals surface area contributed by atoms with E-state index in [-0.39, 0.29) is 38.6 Å². The molecule has 9 heteroatoms. The van der Waals surface area contributed by atoms with Gasteiger partial charge in [0.05, 0.1) is 34.4 Å². The molecule has 0 aromatic carbocycles. The first-order valence-electron chi connectivity index (χ1n) is 26.8. The lowest BCUT2D eigenvalue weighted by atomic mass is 10.0. The van der Waals surface area contributed by atoms with Crippen LogP contribution in [0.5, 0.6) is 0 Å². The van der Waals surface area contributed by atoms with Gasteiger partial charge in [-0.15, -0.1) is 0 Å². The van der Waals surface area contributed by atoms with Crippen molar-refractivity contribution >= 4 is 17.9 Å². The lowest BCUT2D eigenvalue weighted by Crippen LogP contribution is -2.40. The number of rotatable bonds is 48. The highest BCUT2D eigenvalue weighted by Gasteiger charge is 2.25. The number of hydrogen-bond acceptors (Lipinski definition) is 7. The molecule has 384 valence electrons. The van der Waals surface area contributed by atoms with Gasteiger partial charge < -0.3 is 28.5 Å². The minimum Gasteiger partial charge on any atom is -0.477 e. The number of esters is 2. The van der Waals surface area contributed by atoms with E-state index >= 15 is 0 Å². The van der Waals surface area contributed by atoms with E-state index < -0.39 is 24.3 Å². The Labute approximate surface area is 410 Å². The number of aliphatic carboxylic acids is 1. The van der Waals surface area contributed by atoms with Gasteiger partial charge in [-0.05, 0) is 89.9 Å². The number of quaternary nitrogens is 1. The summed E-state index contributed by atoms with van der Waals surface area (Å²) in [6, 6.07) is 0. The number of carboxylic acids is 1. The van der Waals surface area contributed by atoms with Crippen LogP contribution < -0.4 is 0 Å². The molecule has 0 aliphatic rings. The second-order valence-electron chi connectivity index (χ2n) is 18.8. The lowest BCUT2D eigenvalue weighted by molar-refractivity contribution is -0.870. The number of allylic oxidation sites excluding steroid dienone is 14. The molecule has 1 N–H and O–H groups in total. The molecule has 0 amide bonds. The maximum absolute atomic E-state index is 12.8. The number of carbonyl (C=O) groups excluding carboxylic acids is 2. The fraction of sp³-hybridized carbons (Fsp3) is 0.707. The van der Waals surface area contributed by atoms with Crippen molar-refractivity contribution in [2.24, 2.45) is 0 Å². The van der Waals surface area contributed by atoms with Crippen molar-refractivity contribution in [2.75, 3.05) is 47.5 Å². The lowest BCUT2D eigenvalue weighted by Gasteiger charge is -2.25. The summed E-state index contributed by atoms with van der Waals surface area (Å²) in [5.74, 6) is -2.06. The second-order valence-corrected chi connectivity index (χ2v) is 18.8. The summed E-state index contributed by atoms with van der Waals surface area (Å²) in [5, 5.41) is 9.68. The number of hydrogen-bond donors (Lipinski definition) is 1. The summed E-state index contributed by atoms with van der Waals surface area (Å²) in [6.07, 6.45) is 60.8. The predicted octanol–water partition coefficient (Wildman–Crippen LogP) is 15.2. The highest BCUT2D eigenvalue weighted by molar-refractivity contribution is 5.71. The van der Waals surface area contributed by atoms with Gasteiger partial charge in [0.2, 0.25) is 0 Å². The minimum atomic E-state index is -1.52. The van der Waals surface area contributed by atoms with Crippen LogP contribution in [0.15, 0.2) is 85.1 Å². The third kappa shape index (κ3) is 50.2. The first kappa shape index (κ1) is 63.5. The van der Waals surface area contributed by atoms with Crippen molar-refractivity contribution < 1.29 is 42.9 Å². The zero-order chi connectivity index (χ0) is 49.2. The van der Waals surface area contributed by atoms with Gasteiger partial charge in [-0.1, -0.05) is 189 Å². The van der Waals surface area contributed by atoms with E-state index in [0.717, 1.165) is 77.0 Å². The van der Waals surface area contributed by atoms with E-state index in [4.69, 9.17) is 18.9 Å². The first-order chi connectivity index (χ1) is 32.6. The van der Waals surface area contributed by atoms with Crippen LogP contribution in [0, 0.1) is 0 Å². The van der Waals surface area contributed by atoms with Crippen LogP contribution in [-0.4, -0.2) is 87.4 Å². The molecular weight excluding hydrogens is 839 g/mol. The zero-order valence-corrected chi connectivity index (χ0v) is 43.5. The molecule has 67 heavy (non-hydrogen) atoms.